The molecule has 0 bridgehead atoms. The van der Waals surface area contributed by atoms with E-state index in [4.69, 9.17) is 0 Å². The zero-order valence-electron chi connectivity index (χ0n) is 9.66. The van der Waals surface area contributed by atoms with Crippen molar-refractivity contribution in [3.63, 3.8) is 0 Å². The summed E-state index contributed by atoms with van der Waals surface area (Å²) in [5.41, 5.74) is 1.21. The minimum Gasteiger partial charge on any atom is -0.354 e. The Bertz CT molecular complexity index is 317. The Morgan fingerprint density at radius 2 is 2.27 bits per heavy atom. The number of aromatic nitrogens is 1. The molecule has 4 nitrogen and oxygen atoms in total. The largest absolute Gasteiger partial charge is 0.354 e. The number of hydrogen-bond acceptors (Lipinski definition) is 2. The predicted molar refractivity (Wildman–Crippen MR) is 60.5 cm³/mol. The Balaban J connectivity index is 2.28. The van der Waals surface area contributed by atoms with E-state index in [1.807, 2.05) is 6.20 Å². The second-order valence-electron chi connectivity index (χ2n) is 3.74. The van der Waals surface area contributed by atoms with Crippen LogP contribution in [0.1, 0.15) is 12.5 Å². The maximum absolute atomic E-state index is 11.3. The van der Waals surface area contributed by atoms with E-state index in [1.54, 1.807) is 19.0 Å². The monoisotopic (exact) mass is 209 g/mol. The van der Waals surface area contributed by atoms with Gasteiger partial charge in [0.1, 0.15) is 0 Å². The van der Waals surface area contributed by atoms with Gasteiger partial charge in [0.2, 0.25) is 5.91 Å². The van der Waals surface area contributed by atoms with Crippen molar-refractivity contribution in [2.45, 2.75) is 20.0 Å². The number of nitrogens with one attached hydrogen (secondary N) is 1. The Kier molecular flexibility index (Phi) is 4.37. The third-order valence-electron chi connectivity index (χ3n) is 2.28. The summed E-state index contributed by atoms with van der Waals surface area (Å²) in [6, 6.07) is 2.07. The zero-order chi connectivity index (χ0) is 11.3. The molecule has 0 radical (unpaired) electrons. The molecular formula is C11H19N3O. The Labute approximate surface area is 90.9 Å². The van der Waals surface area contributed by atoms with Crippen molar-refractivity contribution in [1.82, 2.24) is 14.8 Å². The fraction of sp³-hybridized carbons (Fsp3) is 0.545. The summed E-state index contributed by atoms with van der Waals surface area (Å²) in [5.74, 6) is 0.102. The van der Waals surface area contributed by atoms with Gasteiger partial charge in [0.15, 0.2) is 0 Å². The minimum atomic E-state index is 0.102. The lowest BCUT2D eigenvalue weighted by atomic mass is 10.3. The molecule has 15 heavy (non-hydrogen) atoms. The van der Waals surface area contributed by atoms with Gasteiger partial charge in [0.05, 0.1) is 6.54 Å². The van der Waals surface area contributed by atoms with E-state index in [0.29, 0.717) is 6.54 Å². The number of aryl methyl sites for hydroxylation is 1. The molecule has 1 amide bonds. The number of rotatable bonds is 5. The molecule has 0 atom stereocenters. The lowest BCUT2D eigenvalue weighted by Crippen LogP contribution is -2.32. The van der Waals surface area contributed by atoms with Crippen LogP contribution in [0.3, 0.4) is 0 Å². The zero-order valence-corrected chi connectivity index (χ0v) is 9.66. The average molecular weight is 209 g/mol. The third kappa shape index (κ3) is 3.75. The SMILES string of the molecule is CCn1ccc(CNCC(=O)N(C)C)c1. The number of hydrogen-bond donors (Lipinski definition) is 1. The van der Waals surface area contributed by atoms with Crippen LogP contribution in [-0.2, 0) is 17.9 Å². The van der Waals surface area contributed by atoms with Crippen molar-refractivity contribution < 1.29 is 4.79 Å². The molecule has 1 heterocycles. The fourth-order valence-corrected chi connectivity index (χ4v) is 1.26. The highest BCUT2D eigenvalue weighted by molar-refractivity contribution is 5.77. The molecule has 1 rings (SSSR count). The molecule has 1 aromatic heterocycles. The Hall–Kier alpha value is -1.29. The van der Waals surface area contributed by atoms with Crippen LogP contribution in [0.15, 0.2) is 18.5 Å². The fourth-order valence-electron chi connectivity index (χ4n) is 1.26. The highest BCUT2D eigenvalue weighted by Crippen LogP contribution is 2.00. The topological polar surface area (TPSA) is 37.3 Å². The summed E-state index contributed by atoms with van der Waals surface area (Å²) < 4.78 is 2.12. The standard InChI is InChI=1S/C11H19N3O/c1-4-14-6-5-10(9-14)7-12-8-11(15)13(2)3/h5-6,9,12H,4,7-8H2,1-3H3. The van der Waals surface area contributed by atoms with Crippen molar-refractivity contribution in [3.05, 3.63) is 24.0 Å². The molecule has 0 aliphatic rings. The maximum atomic E-state index is 11.3. The van der Waals surface area contributed by atoms with E-state index < -0.39 is 0 Å². The van der Waals surface area contributed by atoms with Gasteiger partial charge in [-0.2, -0.15) is 0 Å². The molecule has 1 aromatic rings. The van der Waals surface area contributed by atoms with E-state index in [0.717, 1.165) is 13.1 Å². The Morgan fingerprint density at radius 3 is 2.80 bits per heavy atom. The van der Waals surface area contributed by atoms with Crippen LogP contribution in [-0.4, -0.2) is 36.0 Å². The summed E-state index contributed by atoms with van der Waals surface area (Å²) >= 11 is 0. The summed E-state index contributed by atoms with van der Waals surface area (Å²) in [6.07, 6.45) is 4.14. The van der Waals surface area contributed by atoms with Crippen molar-refractivity contribution in [3.8, 4) is 0 Å². The molecule has 0 aromatic carbocycles. The number of nitrogens with zero attached hydrogens (tertiary/aromatic N) is 2. The van der Waals surface area contributed by atoms with Gasteiger partial charge in [-0.25, -0.2) is 0 Å². The van der Waals surface area contributed by atoms with Crippen LogP contribution in [0.5, 0.6) is 0 Å². The summed E-state index contributed by atoms with van der Waals surface area (Å²) in [4.78, 5) is 12.8. The quantitative estimate of drug-likeness (QED) is 0.774. The molecule has 0 saturated heterocycles. The highest BCUT2D eigenvalue weighted by atomic mass is 16.2. The number of amides is 1. The first-order chi connectivity index (χ1) is 7.13. The predicted octanol–water partition coefficient (Wildman–Crippen LogP) is 0.686. The molecule has 0 aliphatic carbocycles. The van der Waals surface area contributed by atoms with E-state index in [9.17, 15) is 4.79 Å². The molecule has 4 heteroatoms. The van der Waals surface area contributed by atoms with Gasteiger partial charge in [-0.05, 0) is 18.6 Å². The van der Waals surface area contributed by atoms with Gasteiger partial charge >= 0.3 is 0 Å². The summed E-state index contributed by atoms with van der Waals surface area (Å²) in [7, 11) is 3.52. The summed E-state index contributed by atoms with van der Waals surface area (Å²) in [6.45, 7) is 4.22. The molecule has 0 spiro atoms. The van der Waals surface area contributed by atoms with Crippen LogP contribution < -0.4 is 5.32 Å². The minimum absolute atomic E-state index is 0.102. The van der Waals surface area contributed by atoms with E-state index >= 15 is 0 Å². The van der Waals surface area contributed by atoms with Gasteiger partial charge in [0.25, 0.3) is 0 Å². The van der Waals surface area contributed by atoms with Crippen molar-refractivity contribution in [1.29, 1.82) is 0 Å². The Morgan fingerprint density at radius 1 is 1.53 bits per heavy atom. The van der Waals surface area contributed by atoms with Gasteiger partial charge in [0, 0.05) is 39.6 Å². The van der Waals surface area contributed by atoms with Crippen LogP contribution in [0, 0.1) is 0 Å². The molecule has 0 unspecified atom stereocenters. The van der Waals surface area contributed by atoms with Crippen molar-refractivity contribution >= 4 is 5.91 Å². The van der Waals surface area contributed by atoms with E-state index in [2.05, 4.69) is 29.1 Å². The van der Waals surface area contributed by atoms with Gasteiger partial charge in [-0.1, -0.05) is 0 Å². The molecular weight excluding hydrogens is 190 g/mol. The van der Waals surface area contributed by atoms with Crippen molar-refractivity contribution in [2.24, 2.45) is 0 Å². The molecule has 1 N–H and O–H groups in total. The van der Waals surface area contributed by atoms with Crippen LogP contribution in [0.2, 0.25) is 0 Å². The normalized spacial score (nSPS) is 10.3. The number of likely N-dealkylation sites (N-methyl/N-ethyl adjacent to an activating group) is 1. The first-order valence-electron chi connectivity index (χ1n) is 5.19. The molecule has 84 valence electrons. The van der Waals surface area contributed by atoms with Gasteiger partial charge in [-0.3, -0.25) is 4.79 Å². The molecule has 0 saturated carbocycles. The molecule has 0 fully saturated rings. The van der Waals surface area contributed by atoms with Crippen molar-refractivity contribution in [2.75, 3.05) is 20.6 Å². The van der Waals surface area contributed by atoms with Crippen LogP contribution in [0.25, 0.3) is 0 Å². The smallest absolute Gasteiger partial charge is 0.236 e. The third-order valence-corrected chi connectivity index (χ3v) is 2.28. The first-order valence-corrected chi connectivity index (χ1v) is 5.19. The number of carbonyl (C=O) groups is 1. The van der Waals surface area contributed by atoms with Crippen LogP contribution >= 0.6 is 0 Å². The number of carbonyl (C=O) groups excluding carboxylic acids is 1. The van der Waals surface area contributed by atoms with Gasteiger partial charge in [-0.15, -0.1) is 0 Å². The molecule has 0 aliphatic heterocycles. The second kappa shape index (κ2) is 5.56. The lowest BCUT2D eigenvalue weighted by molar-refractivity contribution is -0.127. The first kappa shape index (κ1) is 11.8. The van der Waals surface area contributed by atoms with E-state index in [1.165, 1.54) is 5.56 Å². The van der Waals surface area contributed by atoms with Crippen LogP contribution in [0.4, 0.5) is 0 Å². The van der Waals surface area contributed by atoms with E-state index in [-0.39, 0.29) is 5.91 Å². The average Bonchev–Trinajstić information content (AvgIpc) is 2.65. The lowest BCUT2D eigenvalue weighted by Gasteiger charge is -2.10. The summed E-state index contributed by atoms with van der Waals surface area (Å²) in [5, 5.41) is 3.12. The second-order valence-corrected chi connectivity index (χ2v) is 3.74. The maximum Gasteiger partial charge on any atom is 0.236 e. The van der Waals surface area contributed by atoms with Gasteiger partial charge < -0.3 is 14.8 Å². The highest BCUT2D eigenvalue weighted by Gasteiger charge is 2.02.